The summed E-state index contributed by atoms with van der Waals surface area (Å²) >= 11 is 0. The van der Waals surface area contributed by atoms with Crippen LogP contribution >= 0.6 is 0 Å². The van der Waals surface area contributed by atoms with E-state index in [0.29, 0.717) is 34.0 Å². The summed E-state index contributed by atoms with van der Waals surface area (Å²) in [5, 5.41) is 16.8. The fraction of sp³-hybridized carbons (Fsp3) is 0.0833. The van der Waals surface area contributed by atoms with Crippen molar-refractivity contribution in [2.75, 3.05) is 19.2 Å². The van der Waals surface area contributed by atoms with Gasteiger partial charge in [-0.15, -0.1) is 0 Å². The van der Waals surface area contributed by atoms with Gasteiger partial charge in [-0.05, 0) is 24.3 Å². The van der Waals surface area contributed by atoms with Crippen molar-refractivity contribution < 1.29 is 19.2 Å². The topological polar surface area (TPSA) is 94.3 Å². The van der Waals surface area contributed by atoms with Gasteiger partial charge >= 0.3 is 0 Å². The number of hydrogen-bond acceptors (Lipinski definition) is 6. The highest BCUT2D eigenvalue weighted by Gasteiger charge is 2.32. The predicted octanol–water partition coefficient (Wildman–Crippen LogP) is 4.45. The zero-order valence-electron chi connectivity index (χ0n) is 17.4. The Balaban J connectivity index is 1.83. The van der Waals surface area contributed by atoms with E-state index >= 15 is 0 Å². The van der Waals surface area contributed by atoms with E-state index < -0.39 is 4.92 Å². The number of non-ortho nitro benzene ring substituents is 1. The second-order valence-electron chi connectivity index (χ2n) is 6.85. The van der Waals surface area contributed by atoms with Crippen LogP contribution in [0.2, 0.25) is 0 Å². The molecule has 8 heteroatoms. The van der Waals surface area contributed by atoms with Crippen molar-refractivity contribution in [1.82, 2.24) is 0 Å². The Labute approximate surface area is 184 Å². The van der Waals surface area contributed by atoms with Gasteiger partial charge in [0.15, 0.2) is 11.5 Å². The lowest BCUT2D eigenvalue weighted by molar-refractivity contribution is -0.384. The summed E-state index contributed by atoms with van der Waals surface area (Å²) in [6, 6.07) is 20.4. The second-order valence-corrected chi connectivity index (χ2v) is 6.85. The number of hydrazone groups is 1. The highest BCUT2D eigenvalue weighted by molar-refractivity contribution is 6.37. The molecule has 1 aliphatic rings. The fourth-order valence-electron chi connectivity index (χ4n) is 3.43. The van der Waals surface area contributed by atoms with Crippen LogP contribution in [0.25, 0.3) is 6.08 Å². The minimum Gasteiger partial charge on any atom is -0.493 e. The van der Waals surface area contributed by atoms with Gasteiger partial charge < -0.3 is 9.47 Å². The molecule has 0 unspecified atom stereocenters. The van der Waals surface area contributed by atoms with Crippen LogP contribution in [0.15, 0.2) is 83.5 Å². The number of nitro groups is 1. The number of para-hydroxylation sites is 1. The van der Waals surface area contributed by atoms with Crippen LogP contribution in [-0.4, -0.2) is 30.8 Å². The summed E-state index contributed by atoms with van der Waals surface area (Å²) in [6.07, 6.45) is 1.71. The number of hydrogen-bond donors (Lipinski definition) is 0. The number of amides is 1. The molecule has 0 saturated carbocycles. The van der Waals surface area contributed by atoms with Crippen molar-refractivity contribution in [3.05, 3.63) is 99.6 Å². The van der Waals surface area contributed by atoms with Crippen LogP contribution < -0.4 is 14.5 Å². The maximum absolute atomic E-state index is 13.4. The van der Waals surface area contributed by atoms with Gasteiger partial charge in [0.1, 0.15) is 5.71 Å². The van der Waals surface area contributed by atoms with Gasteiger partial charge in [-0.25, -0.2) is 0 Å². The van der Waals surface area contributed by atoms with Gasteiger partial charge in [-0.2, -0.15) is 10.1 Å². The Kier molecular flexibility index (Phi) is 5.67. The molecule has 32 heavy (non-hydrogen) atoms. The van der Waals surface area contributed by atoms with Crippen molar-refractivity contribution in [2.45, 2.75) is 0 Å². The molecule has 1 heterocycles. The Morgan fingerprint density at radius 1 is 0.938 bits per heavy atom. The van der Waals surface area contributed by atoms with Gasteiger partial charge in [0.25, 0.3) is 11.6 Å². The first kappa shape index (κ1) is 20.8. The molecular formula is C24H19N3O5. The maximum atomic E-state index is 13.4. The number of carbonyl (C=O) groups is 1. The van der Waals surface area contributed by atoms with E-state index in [-0.39, 0.29) is 11.6 Å². The highest BCUT2D eigenvalue weighted by atomic mass is 16.6. The molecule has 1 amide bonds. The summed E-state index contributed by atoms with van der Waals surface area (Å²) in [7, 11) is 3.08. The normalized spacial score (nSPS) is 14.4. The van der Waals surface area contributed by atoms with Gasteiger partial charge in [0.2, 0.25) is 0 Å². The standard InChI is InChI=1S/C24H19N3O5/c1-31-21-10-6-9-17(23(21)32-2)15-20-22(16-7-4-3-5-8-16)25-26(24(20)28)18-11-13-19(14-12-18)27(29)30/h3-15H,1-2H3/b20-15+. The SMILES string of the molecule is COc1cccc(/C=C2/C(=O)N(c3ccc([N+](=O)[O-])cc3)N=C2c2ccccc2)c1OC. The van der Waals surface area contributed by atoms with Crippen LogP contribution in [-0.2, 0) is 4.79 Å². The van der Waals surface area contributed by atoms with Crippen molar-refractivity contribution in [3.63, 3.8) is 0 Å². The first-order chi connectivity index (χ1) is 15.5. The summed E-state index contributed by atoms with van der Waals surface area (Å²) in [4.78, 5) is 23.9. The van der Waals surface area contributed by atoms with Crippen molar-refractivity contribution in [1.29, 1.82) is 0 Å². The number of ether oxygens (including phenoxy) is 2. The van der Waals surface area contributed by atoms with Crippen LogP contribution in [0.1, 0.15) is 11.1 Å². The third-order valence-electron chi connectivity index (χ3n) is 4.96. The zero-order chi connectivity index (χ0) is 22.7. The number of anilines is 1. The third-order valence-corrected chi connectivity index (χ3v) is 4.96. The molecule has 0 aromatic heterocycles. The van der Waals surface area contributed by atoms with Gasteiger partial charge in [0, 0.05) is 23.3 Å². The van der Waals surface area contributed by atoms with E-state index in [1.54, 1.807) is 25.3 Å². The summed E-state index contributed by atoms with van der Waals surface area (Å²) in [5.41, 5.74) is 2.63. The lowest BCUT2D eigenvalue weighted by Gasteiger charge is -2.12. The van der Waals surface area contributed by atoms with Crippen LogP contribution in [0.4, 0.5) is 11.4 Å². The Morgan fingerprint density at radius 3 is 2.28 bits per heavy atom. The van der Waals surface area contributed by atoms with E-state index in [1.807, 2.05) is 36.4 Å². The molecule has 8 nitrogen and oxygen atoms in total. The van der Waals surface area contributed by atoms with E-state index in [9.17, 15) is 14.9 Å². The first-order valence-electron chi connectivity index (χ1n) is 9.69. The molecule has 0 saturated heterocycles. The first-order valence-corrected chi connectivity index (χ1v) is 9.69. The lowest BCUT2D eigenvalue weighted by Crippen LogP contribution is -2.21. The zero-order valence-corrected chi connectivity index (χ0v) is 17.4. The molecular weight excluding hydrogens is 410 g/mol. The Hall–Kier alpha value is -4.46. The quantitative estimate of drug-likeness (QED) is 0.328. The van der Waals surface area contributed by atoms with Crippen molar-refractivity contribution >= 4 is 29.1 Å². The van der Waals surface area contributed by atoms with Gasteiger partial charge in [0.05, 0.1) is 30.4 Å². The predicted molar refractivity (Wildman–Crippen MR) is 121 cm³/mol. The van der Waals surface area contributed by atoms with E-state index in [4.69, 9.17) is 9.47 Å². The van der Waals surface area contributed by atoms with Crippen molar-refractivity contribution in [2.24, 2.45) is 5.10 Å². The van der Waals surface area contributed by atoms with E-state index in [1.165, 1.54) is 36.4 Å². The molecule has 3 aromatic carbocycles. The number of rotatable bonds is 6. The third kappa shape index (κ3) is 3.81. The summed E-state index contributed by atoms with van der Waals surface area (Å²) in [5.74, 6) is 0.678. The molecule has 0 fully saturated rings. The smallest absolute Gasteiger partial charge is 0.281 e. The molecule has 1 aliphatic heterocycles. The molecule has 0 atom stereocenters. The molecule has 0 aliphatic carbocycles. The minimum absolute atomic E-state index is 0.0652. The molecule has 0 radical (unpaired) electrons. The molecule has 0 bridgehead atoms. The molecule has 0 spiro atoms. The van der Waals surface area contributed by atoms with Crippen LogP contribution in [0.5, 0.6) is 11.5 Å². The van der Waals surface area contributed by atoms with E-state index in [0.717, 1.165) is 5.56 Å². The molecule has 160 valence electrons. The van der Waals surface area contributed by atoms with E-state index in [2.05, 4.69) is 5.10 Å². The van der Waals surface area contributed by atoms with Crippen LogP contribution in [0.3, 0.4) is 0 Å². The monoisotopic (exact) mass is 429 g/mol. The molecule has 0 N–H and O–H groups in total. The number of benzene rings is 3. The fourth-order valence-corrected chi connectivity index (χ4v) is 3.43. The highest BCUT2D eigenvalue weighted by Crippen LogP contribution is 2.35. The number of carbonyl (C=O) groups excluding carboxylic acids is 1. The van der Waals surface area contributed by atoms with Gasteiger partial charge in [-0.3, -0.25) is 14.9 Å². The largest absolute Gasteiger partial charge is 0.493 e. The minimum atomic E-state index is -0.491. The number of methoxy groups -OCH3 is 2. The lowest BCUT2D eigenvalue weighted by atomic mass is 10.00. The average molecular weight is 429 g/mol. The van der Waals surface area contributed by atoms with Crippen LogP contribution in [0, 0.1) is 10.1 Å². The molecule has 3 aromatic rings. The Morgan fingerprint density at radius 2 is 1.66 bits per heavy atom. The van der Waals surface area contributed by atoms with Gasteiger partial charge in [-0.1, -0.05) is 42.5 Å². The summed E-state index contributed by atoms with van der Waals surface area (Å²) in [6.45, 7) is 0. The second kappa shape index (κ2) is 8.73. The number of nitrogens with zero attached hydrogens (tertiary/aromatic N) is 3. The average Bonchev–Trinajstić information content (AvgIpc) is 3.15. The maximum Gasteiger partial charge on any atom is 0.281 e. The Bertz CT molecular complexity index is 1230. The molecule has 4 rings (SSSR count). The number of nitro benzene ring substituents is 1. The van der Waals surface area contributed by atoms with Crippen molar-refractivity contribution in [3.8, 4) is 11.5 Å². The summed E-state index contributed by atoms with van der Waals surface area (Å²) < 4.78 is 10.9.